The van der Waals surface area contributed by atoms with E-state index in [9.17, 15) is 9.59 Å². The molecule has 3 aliphatic carbocycles. The van der Waals surface area contributed by atoms with E-state index in [2.05, 4.69) is 34.3 Å². The topological polar surface area (TPSA) is 52.6 Å². The second-order valence-corrected chi connectivity index (χ2v) is 9.57. The summed E-state index contributed by atoms with van der Waals surface area (Å²) >= 11 is 0. The van der Waals surface area contributed by atoms with E-state index < -0.39 is 0 Å². The molecule has 4 nitrogen and oxygen atoms in total. The number of carbonyl (C=O) groups excluding carboxylic acids is 2. The van der Waals surface area contributed by atoms with Crippen molar-refractivity contribution in [1.29, 1.82) is 0 Å². The van der Waals surface area contributed by atoms with Gasteiger partial charge in [0.2, 0.25) is 11.6 Å². The average Bonchev–Trinajstić information content (AvgIpc) is 2.65. The van der Waals surface area contributed by atoms with Crippen LogP contribution in [0.1, 0.15) is 66.2 Å². The summed E-state index contributed by atoms with van der Waals surface area (Å²) in [5.74, 6) is 0.181. The molecule has 0 amide bonds. The van der Waals surface area contributed by atoms with E-state index in [0.717, 1.165) is 32.1 Å². The van der Waals surface area contributed by atoms with Gasteiger partial charge >= 0.3 is 0 Å². The van der Waals surface area contributed by atoms with Crippen molar-refractivity contribution in [2.75, 3.05) is 14.2 Å². The summed E-state index contributed by atoms with van der Waals surface area (Å²) in [4.78, 5) is 25.7. The number of Topliss-reactive ketones (excluding diaryl/α,β-unsaturated/α-hetero) is 1. The zero-order chi connectivity index (χ0) is 20.9. The number of methoxy groups -OCH3 is 2. The maximum absolute atomic E-state index is 13.1. The molecule has 3 aliphatic rings. The Morgan fingerprint density at radius 1 is 1.14 bits per heavy atom. The van der Waals surface area contributed by atoms with Crippen molar-refractivity contribution in [2.45, 2.75) is 66.2 Å². The zero-order valence-corrected chi connectivity index (χ0v) is 18.2. The largest absolute Gasteiger partial charge is 0.493 e. The molecule has 0 aromatic heterocycles. The van der Waals surface area contributed by atoms with Crippen LogP contribution in [0.25, 0.3) is 0 Å². The van der Waals surface area contributed by atoms with Gasteiger partial charge in [-0.15, -0.1) is 0 Å². The van der Waals surface area contributed by atoms with Crippen molar-refractivity contribution in [3.63, 3.8) is 0 Å². The highest BCUT2D eigenvalue weighted by molar-refractivity contribution is 6.21. The van der Waals surface area contributed by atoms with Crippen LogP contribution in [0, 0.1) is 22.2 Å². The number of carbonyl (C=O) groups is 2. The molecule has 28 heavy (non-hydrogen) atoms. The lowest BCUT2D eigenvalue weighted by molar-refractivity contribution is -0.135. The van der Waals surface area contributed by atoms with Crippen LogP contribution in [-0.4, -0.2) is 25.8 Å². The number of ketones is 2. The number of ether oxygens (including phenoxy) is 2. The maximum atomic E-state index is 13.1. The third-order valence-electron chi connectivity index (χ3n) is 8.81. The maximum Gasteiger partial charge on any atom is 0.227 e. The second-order valence-electron chi connectivity index (χ2n) is 9.57. The van der Waals surface area contributed by atoms with Crippen LogP contribution >= 0.6 is 0 Å². The van der Waals surface area contributed by atoms with Crippen molar-refractivity contribution in [3.8, 4) is 0 Å². The quantitative estimate of drug-likeness (QED) is 0.495. The lowest BCUT2D eigenvalue weighted by atomic mass is 9.38. The summed E-state index contributed by atoms with van der Waals surface area (Å²) < 4.78 is 10.6. The minimum absolute atomic E-state index is 0.00340. The molecule has 0 aliphatic heterocycles. The molecule has 4 heteroatoms. The van der Waals surface area contributed by atoms with Gasteiger partial charge in [0.25, 0.3) is 0 Å². The fourth-order valence-electron chi connectivity index (χ4n) is 6.26. The summed E-state index contributed by atoms with van der Waals surface area (Å²) in [6.45, 7) is 13.8. The Morgan fingerprint density at radius 3 is 2.43 bits per heavy atom. The molecule has 0 N–H and O–H groups in total. The molecule has 0 bridgehead atoms. The third-order valence-corrected chi connectivity index (χ3v) is 8.81. The molecule has 0 aromatic rings. The van der Waals surface area contributed by atoms with Gasteiger partial charge in [0.05, 0.1) is 19.8 Å². The van der Waals surface area contributed by atoms with Crippen molar-refractivity contribution < 1.29 is 19.1 Å². The van der Waals surface area contributed by atoms with Crippen LogP contribution in [-0.2, 0) is 19.1 Å². The van der Waals surface area contributed by atoms with Gasteiger partial charge < -0.3 is 9.47 Å². The molecule has 2 fully saturated rings. The highest BCUT2D eigenvalue weighted by atomic mass is 16.5. The Morgan fingerprint density at radius 2 is 1.82 bits per heavy atom. The van der Waals surface area contributed by atoms with Crippen LogP contribution in [0.2, 0.25) is 0 Å². The molecule has 4 atom stereocenters. The van der Waals surface area contributed by atoms with E-state index in [1.54, 1.807) is 0 Å². The molecular weight excluding hydrogens is 352 g/mol. The first-order valence-corrected chi connectivity index (χ1v) is 10.4. The summed E-state index contributed by atoms with van der Waals surface area (Å²) in [5, 5.41) is 0. The molecule has 0 radical (unpaired) electrons. The normalized spacial score (nSPS) is 38.9. The fraction of sp³-hybridized carbons (Fsp3) is 0.667. The van der Waals surface area contributed by atoms with Gasteiger partial charge in [-0.3, -0.25) is 9.59 Å². The van der Waals surface area contributed by atoms with E-state index in [1.807, 2.05) is 0 Å². The van der Waals surface area contributed by atoms with Crippen LogP contribution in [0.4, 0.5) is 0 Å². The first-order valence-electron chi connectivity index (χ1n) is 10.4. The lowest BCUT2D eigenvalue weighted by Gasteiger charge is -2.66. The fourth-order valence-corrected chi connectivity index (χ4v) is 6.26. The van der Waals surface area contributed by atoms with Crippen molar-refractivity contribution in [1.82, 2.24) is 0 Å². The minimum Gasteiger partial charge on any atom is -0.493 e. The summed E-state index contributed by atoms with van der Waals surface area (Å²) in [6.07, 6.45) is 7.29. The van der Waals surface area contributed by atoms with E-state index >= 15 is 0 Å². The van der Waals surface area contributed by atoms with Gasteiger partial charge in [0, 0.05) is 6.08 Å². The number of allylic oxidation sites excluding steroid dienone is 3. The van der Waals surface area contributed by atoms with Gasteiger partial charge in [0.1, 0.15) is 0 Å². The van der Waals surface area contributed by atoms with Crippen LogP contribution in [0.5, 0.6) is 0 Å². The Balaban J connectivity index is 2.11. The predicted molar refractivity (Wildman–Crippen MR) is 109 cm³/mol. The number of fused-ring (bicyclic) bond motifs is 1. The van der Waals surface area contributed by atoms with E-state index in [4.69, 9.17) is 9.47 Å². The van der Waals surface area contributed by atoms with Gasteiger partial charge in [-0.1, -0.05) is 39.8 Å². The van der Waals surface area contributed by atoms with E-state index in [0.29, 0.717) is 17.9 Å². The smallest absolute Gasteiger partial charge is 0.227 e. The minimum atomic E-state index is -0.290. The SMILES string of the molecule is C=C1CCC[C@@]2(C)C1(C)CCC(C)C2(C)CC1=C(OC)C(=O)C=C(OC)C1=O. The molecule has 3 rings (SSSR count). The Labute approximate surface area is 169 Å². The lowest BCUT2D eigenvalue weighted by Crippen LogP contribution is -2.58. The van der Waals surface area contributed by atoms with Crippen LogP contribution in [0.15, 0.2) is 35.3 Å². The molecule has 0 spiro atoms. The first kappa shape index (κ1) is 20.9. The van der Waals surface area contributed by atoms with E-state index in [-0.39, 0.29) is 39.3 Å². The van der Waals surface area contributed by atoms with E-state index in [1.165, 1.54) is 25.9 Å². The molecule has 0 saturated heterocycles. The standard InChI is InChI=1S/C24H34O4/c1-15-9-8-11-24(5)22(15,3)12-10-16(2)23(24,4)14-17-20(26)19(27-6)13-18(25)21(17)28-7/h13,16H,1,8-12,14H2,2-7H3/t16?,22?,23?,24-/m0/s1. The highest BCUT2D eigenvalue weighted by Gasteiger charge is 2.62. The third kappa shape index (κ3) is 2.63. The molecule has 0 aromatic carbocycles. The van der Waals surface area contributed by atoms with Crippen molar-refractivity contribution >= 4 is 11.6 Å². The molecule has 2 saturated carbocycles. The monoisotopic (exact) mass is 386 g/mol. The molecule has 154 valence electrons. The number of rotatable bonds is 4. The van der Waals surface area contributed by atoms with Crippen molar-refractivity contribution in [3.05, 3.63) is 35.3 Å². The van der Waals surface area contributed by atoms with Crippen molar-refractivity contribution in [2.24, 2.45) is 22.2 Å². The summed E-state index contributed by atoms with van der Waals surface area (Å²) in [7, 11) is 2.90. The molecule has 0 heterocycles. The predicted octanol–water partition coefficient (Wildman–Crippen LogP) is 5.15. The van der Waals surface area contributed by atoms with Gasteiger partial charge in [-0.2, -0.15) is 0 Å². The second kappa shape index (κ2) is 6.89. The Hall–Kier alpha value is -1.84. The van der Waals surface area contributed by atoms with Crippen LogP contribution < -0.4 is 0 Å². The van der Waals surface area contributed by atoms with Crippen LogP contribution in [0.3, 0.4) is 0 Å². The average molecular weight is 387 g/mol. The number of hydrogen-bond donors (Lipinski definition) is 0. The Kier molecular flexibility index (Phi) is 5.14. The first-order chi connectivity index (χ1) is 13.1. The van der Waals surface area contributed by atoms with Gasteiger partial charge in [-0.25, -0.2) is 0 Å². The summed E-state index contributed by atoms with van der Waals surface area (Å²) in [5.41, 5.74) is 1.68. The molecule has 3 unspecified atom stereocenters. The van der Waals surface area contributed by atoms with Gasteiger partial charge in [-0.05, 0) is 60.7 Å². The highest BCUT2D eigenvalue weighted by Crippen LogP contribution is 2.70. The zero-order valence-electron chi connectivity index (χ0n) is 18.2. The Bertz CT molecular complexity index is 788. The summed E-state index contributed by atoms with van der Waals surface area (Å²) in [6, 6.07) is 0. The molecular formula is C24H34O4. The van der Waals surface area contributed by atoms with Gasteiger partial charge in [0.15, 0.2) is 11.5 Å². The number of hydrogen-bond acceptors (Lipinski definition) is 4.